The van der Waals surface area contributed by atoms with Gasteiger partial charge in [0.15, 0.2) is 0 Å². The van der Waals surface area contributed by atoms with Gasteiger partial charge < -0.3 is 5.32 Å². The molecule has 1 aromatic carbocycles. The van der Waals surface area contributed by atoms with Crippen LogP contribution >= 0.6 is 0 Å². The van der Waals surface area contributed by atoms with Crippen molar-refractivity contribution in [1.29, 1.82) is 0 Å². The molecule has 0 saturated carbocycles. The molecule has 1 aliphatic rings. The van der Waals surface area contributed by atoms with Gasteiger partial charge in [0.25, 0.3) is 0 Å². The van der Waals surface area contributed by atoms with Crippen LogP contribution in [0.3, 0.4) is 0 Å². The van der Waals surface area contributed by atoms with Crippen molar-refractivity contribution in [2.45, 2.75) is 71.0 Å². The summed E-state index contributed by atoms with van der Waals surface area (Å²) >= 11 is 0. The molecule has 0 bridgehead atoms. The first kappa shape index (κ1) is 16.5. The largest absolute Gasteiger partial charge is 0.308 e. The minimum Gasteiger partial charge on any atom is -0.308 e. The summed E-state index contributed by atoms with van der Waals surface area (Å²) in [5.41, 5.74) is 1.95. The molecular formula is C19H32N2. The van der Waals surface area contributed by atoms with Crippen molar-refractivity contribution < 1.29 is 0 Å². The second-order valence-corrected chi connectivity index (χ2v) is 7.09. The van der Waals surface area contributed by atoms with E-state index < -0.39 is 0 Å². The van der Waals surface area contributed by atoms with Crippen LogP contribution in [0.2, 0.25) is 0 Å². The smallest absolute Gasteiger partial charge is 0.0478 e. The van der Waals surface area contributed by atoms with Gasteiger partial charge in [0.05, 0.1) is 0 Å². The third-order valence-corrected chi connectivity index (χ3v) is 5.70. The molecule has 1 unspecified atom stereocenters. The highest BCUT2D eigenvalue weighted by molar-refractivity contribution is 5.22. The Morgan fingerprint density at radius 2 is 1.76 bits per heavy atom. The number of piperazine rings is 1. The van der Waals surface area contributed by atoms with Gasteiger partial charge in [-0.2, -0.15) is 0 Å². The average Bonchev–Trinajstić information content (AvgIpc) is 2.55. The summed E-state index contributed by atoms with van der Waals surface area (Å²) < 4.78 is 0. The topological polar surface area (TPSA) is 15.3 Å². The summed E-state index contributed by atoms with van der Waals surface area (Å²) in [6, 6.07) is 11.5. The predicted octanol–water partition coefficient (Wildman–Crippen LogP) is 4.38. The fraction of sp³-hybridized carbons (Fsp3) is 0.684. The summed E-state index contributed by atoms with van der Waals surface area (Å²) in [5.74, 6) is 0. The molecule has 0 radical (unpaired) electrons. The standard InChI is InChI=1S/C19H32N2/c1-6-18(4,5)21-15-19(7-2,8-3)20-14-17(21)16-12-10-9-11-13-16/h9-13,17,20H,6-8,14-15H2,1-5H3. The SMILES string of the molecule is CCC1(CC)CN(C(C)(C)CC)C(c2ccccc2)CN1. The summed E-state index contributed by atoms with van der Waals surface area (Å²) in [4.78, 5) is 2.74. The lowest BCUT2D eigenvalue weighted by molar-refractivity contribution is -0.00653. The van der Waals surface area contributed by atoms with Crippen molar-refractivity contribution in [2.75, 3.05) is 13.1 Å². The molecule has 1 aliphatic heterocycles. The molecule has 1 N–H and O–H groups in total. The Hall–Kier alpha value is -0.860. The maximum atomic E-state index is 3.87. The second-order valence-electron chi connectivity index (χ2n) is 7.09. The molecule has 0 aromatic heterocycles. The predicted molar refractivity (Wildman–Crippen MR) is 91.6 cm³/mol. The summed E-state index contributed by atoms with van der Waals surface area (Å²) in [5, 5.41) is 3.87. The highest BCUT2D eigenvalue weighted by Gasteiger charge is 2.42. The van der Waals surface area contributed by atoms with Gasteiger partial charge in [0.2, 0.25) is 0 Å². The second kappa shape index (κ2) is 6.50. The minimum absolute atomic E-state index is 0.234. The number of rotatable bonds is 5. The zero-order chi connectivity index (χ0) is 15.5. The van der Waals surface area contributed by atoms with Crippen molar-refractivity contribution in [1.82, 2.24) is 10.2 Å². The molecule has 1 saturated heterocycles. The third kappa shape index (κ3) is 3.32. The Morgan fingerprint density at radius 1 is 1.14 bits per heavy atom. The quantitative estimate of drug-likeness (QED) is 0.865. The monoisotopic (exact) mass is 288 g/mol. The van der Waals surface area contributed by atoms with E-state index in [9.17, 15) is 0 Å². The van der Waals surface area contributed by atoms with E-state index in [2.05, 4.69) is 75.2 Å². The normalized spacial score (nSPS) is 23.2. The molecule has 1 heterocycles. The highest BCUT2D eigenvalue weighted by Crippen LogP contribution is 2.36. The molecular weight excluding hydrogens is 256 g/mol. The fourth-order valence-corrected chi connectivity index (χ4v) is 3.45. The lowest BCUT2D eigenvalue weighted by Gasteiger charge is -2.53. The Bertz CT molecular complexity index is 434. The van der Waals surface area contributed by atoms with Gasteiger partial charge in [0, 0.05) is 30.2 Å². The van der Waals surface area contributed by atoms with Gasteiger partial charge in [-0.25, -0.2) is 0 Å². The average molecular weight is 288 g/mol. The molecule has 0 spiro atoms. The summed E-state index contributed by atoms with van der Waals surface area (Å²) in [6.45, 7) is 13.9. The van der Waals surface area contributed by atoms with Crippen molar-refractivity contribution in [3.05, 3.63) is 35.9 Å². The van der Waals surface area contributed by atoms with Gasteiger partial charge in [-0.1, -0.05) is 51.1 Å². The van der Waals surface area contributed by atoms with E-state index >= 15 is 0 Å². The molecule has 2 heteroatoms. The van der Waals surface area contributed by atoms with Crippen molar-refractivity contribution in [2.24, 2.45) is 0 Å². The van der Waals surface area contributed by atoms with E-state index in [1.54, 1.807) is 0 Å². The van der Waals surface area contributed by atoms with Gasteiger partial charge in [0.1, 0.15) is 0 Å². The summed E-state index contributed by atoms with van der Waals surface area (Å²) in [7, 11) is 0. The maximum Gasteiger partial charge on any atom is 0.0478 e. The first-order valence-corrected chi connectivity index (χ1v) is 8.54. The van der Waals surface area contributed by atoms with Crippen LogP contribution in [-0.4, -0.2) is 29.1 Å². The maximum absolute atomic E-state index is 3.87. The van der Waals surface area contributed by atoms with E-state index in [0.29, 0.717) is 6.04 Å². The number of nitrogens with zero attached hydrogens (tertiary/aromatic N) is 1. The van der Waals surface area contributed by atoms with Crippen molar-refractivity contribution in [3.63, 3.8) is 0 Å². The number of benzene rings is 1. The van der Waals surface area contributed by atoms with Crippen LogP contribution in [0.25, 0.3) is 0 Å². The zero-order valence-corrected chi connectivity index (χ0v) is 14.4. The van der Waals surface area contributed by atoms with Crippen LogP contribution in [-0.2, 0) is 0 Å². The van der Waals surface area contributed by atoms with Crippen LogP contribution in [0, 0.1) is 0 Å². The number of nitrogens with one attached hydrogen (secondary N) is 1. The van der Waals surface area contributed by atoms with Crippen LogP contribution in [0.1, 0.15) is 65.5 Å². The lowest BCUT2D eigenvalue weighted by Crippen LogP contribution is -2.65. The summed E-state index contributed by atoms with van der Waals surface area (Å²) in [6.07, 6.45) is 3.57. The Labute approximate surface area is 130 Å². The minimum atomic E-state index is 0.234. The molecule has 1 aromatic rings. The molecule has 21 heavy (non-hydrogen) atoms. The molecule has 118 valence electrons. The fourth-order valence-electron chi connectivity index (χ4n) is 3.45. The van der Waals surface area contributed by atoms with Crippen LogP contribution in [0.5, 0.6) is 0 Å². The van der Waals surface area contributed by atoms with Gasteiger partial charge in [-0.15, -0.1) is 0 Å². The molecule has 0 amide bonds. The molecule has 1 atom stereocenters. The van der Waals surface area contributed by atoms with E-state index in [4.69, 9.17) is 0 Å². The van der Waals surface area contributed by atoms with E-state index in [0.717, 1.165) is 13.1 Å². The van der Waals surface area contributed by atoms with Crippen LogP contribution in [0.15, 0.2) is 30.3 Å². The van der Waals surface area contributed by atoms with Gasteiger partial charge in [-0.05, 0) is 38.7 Å². The van der Waals surface area contributed by atoms with Gasteiger partial charge >= 0.3 is 0 Å². The molecule has 1 fully saturated rings. The number of hydrogen-bond acceptors (Lipinski definition) is 2. The number of hydrogen-bond donors (Lipinski definition) is 1. The highest BCUT2D eigenvalue weighted by atomic mass is 15.3. The Balaban J connectivity index is 2.33. The third-order valence-electron chi connectivity index (χ3n) is 5.70. The molecule has 2 nitrogen and oxygen atoms in total. The van der Waals surface area contributed by atoms with E-state index in [1.165, 1.54) is 24.8 Å². The van der Waals surface area contributed by atoms with Crippen molar-refractivity contribution >= 4 is 0 Å². The van der Waals surface area contributed by atoms with Crippen LogP contribution < -0.4 is 5.32 Å². The Kier molecular flexibility index (Phi) is 5.11. The molecule has 2 rings (SSSR count). The van der Waals surface area contributed by atoms with E-state index in [-0.39, 0.29) is 11.1 Å². The van der Waals surface area contributed by atoms with Gasteiger partial charge in [-0.3, -0.25) is 4.90 Å². The zero-order valence-electron chi connectivity index (χ0n) is 14.4. The first-order valence-electron chi connectivity index (χ1n) is 8.54. The molecule has 0 aliphatic carbocycles. The van der Waals surface area contributed by atoms with Crippen molar-refractivity contribution in [3.8, 4) is 0 Å². The first-order chi connectivity index (χ1) is 9.98. The van der Waals surface area contributed by atoms with E-state index in [1.807, 2.05) is 0 Å². The Morgan fingerprint density at radius 3 is 2.29 bits per heavy atom. The lowest BCUT2D eigenvalue weighted by atomic mass is 9.83. The van der Waals surface area contributed by atoms with Crippen LogP contribution in [0.4, 0.5) is 0 Å².